The summed E-state index contributed by atoms with van der Waals surface area (Å²) in [5.74, 6) is 1.69. The van der Waals surface area contributed by atoms with Crippen LogP contribution in [0.4, 0.5) is 0 Å². The highest BCUT2D eigenvalue weighted by Gasteiger charge is 2.20. The molecule has 1 heterocycles. The van der Waals surface area contributed by atoms with Crippen LogP contribution in [-0.2, 0) is 0 Å². The van der Waals surface area contributed by atoms with Gasteiger partial charge in [-0.2, -0.15) is 0 Å². The van der Waals surface area contributed by atoms with Crippen LogP contribution in [0.25, 0.3) is 0 Å². The molecule has 0 bridgehead atoms. The second kappa shape index (κ2) is 3.46. The molecule has 0 saturated carbocycles. The highest BCUT2D eigenvalue weighted by atomic mass is 32.2. The lowest BCUT2D eigenvalue weighted by molar-refractivity contribution is 1.29. The lowest BCUT2D eigenvalue weighted by Gasteiger charge is -2.01. The third-order valence-corrected chi connectivity index (χ3v) is 2.97. The minimum absolute atomic E-state index is 0.332. The van der Waals surface area contributed by atoms with Crippen LogP contribution in [0.3, 0.4) is 0 Å². The Morgan fingerprint density at radius 3 is 2.64 bits per heavy atom. The van der Waals surface area contributed by atoms with E-state index in [9.17, 15) is 0 Å². The first kappa shape index (κ1) is 9.27. The first-order chi connectivity index (χ1) is 6.72. The molecule has 0 aliphatic carbocycles. The summed E-state index contributed by atoms with van der Waals surface area (Å²) in [6.07, 6.45) is 0. The van der Waals surface area contributed by atoms with Crippen molar-refractivity contribution in [1.29, 1.82) is 10.8 Å². The quantitative estimate of drug-likeness (QED) is 0.647. The largest absolute Gasteiger partial charge is 0.325 e. The van der Waals surface area contributed by atoms with E-state index in [1.54, 1.807) is 11.8 Å². The van der Waals surface area contributed by atoms with Gasteiger partial charge in [0.05, 0.1) is 0 Å². The van der Waals surface area contributed by atoms with Gasteiger partial charge in [-0.15, -0.1) is 11.8 Å². The fourth-order valence-corrected chi connectivity index (χ4v) is 2.16. The maximum atomic E-state index is 7.63. The summed E-state index contributed by atoms with van der Waals surface area (Å²) in [5, 5.41) is 17.9. The van der Waals surface area contributed by atoms with E-state index in [1.165, 1.54) is 0 Å². The first-order valence-corrected chi connectivity index (χ1v) is 5.42. The molecule has 3 N–H and O–H groups in total. The Labute approximate surface area is 86.9 Å². The maximum absolute atomic E-state index is 7.63. The summed E-state index contributed by atoms with van der Waals surface area (Å²) < 4.78 is 0. The van der Waals surface area contributed by atoms with Crippen LogP contribution >= 0.6 is 11.8 Å². The lowest BCUT2D eigenvalue weighted by Crippen LogP contribution is -2.20. The Kier molecular flexibility index (Phi) is 2.29. The molecule has 0 saturated heterocycles. The third kappa shape index (κ3) is 1.42. The highest BCUT2D eigenvalue weighted by molar-refractivity contribution is 7.99. The number of rotatable bonds is 2. The van der Waals surface area contributed by atoms with Gasteiger partial charge >= 0.3 is 0 Å². The fraction of sp³-hybridized carbons (Fsp3) is 0.200. The Hall–Kier alpha value is -1.29. The van der Waals surface area contributed by atoms with Crippen LogP contribution in [0.1, 0.15) is 18.1 Å². The second-order valence-corrected chi connectivity index (χ2v) is 4.35. The van der Waals surface area contributed by atoms with Gasteiger partial charge < -0.3 is 5.32 Å². The molecule has 0 fully saturated rings. The molecule has 0 unspecified atom stereocenters. The molecule has 0 radical (unpaired) electrons. The van der Waals surface area contributed by atoms with E-state index in [-0.39, 0.29) is 0 Å². The summed E-state index contributed by atoms with van der Waals surface area (Å²) in [5.41, 5.74) is 1.67. The van der Waals surface area contributed by atoms with Crippen LogP contribution < -0.4 is 5.32 Å². The lowest BCUT2D eigenvalue weighted by atomic mass is 10.1. The molecule has 0 aromatic heterocycles. The van der Waals surface area contributed by atoms with Crippen molar-refractivity contribution in [2.75, 3.05) is 5.75 Å². The molecule has 1 aromatic rings. The standard InChI is InChI=1S/C10H11N3S/c1-2-14-6-3-4-7-8(5-6)10(12)13-9(7)11/h3-5H,2H2,1H3,(H3,11,12,13). The van der Waals surface area contributed by atoms with Gasteiger partial charge in [0.2, 0.25) is 0 Å². The molecule has 4 heteroatoms. The van der Waals surface area contributed by atoms with Gasteiger partial charge in [0.25, 0.3) is 0 Å². The van der Waals surface area contributed by atoms with E-state index < -0.39 is 0 Å². The first-order valence-electron chi connectivity index (χ1n) is 4.44. The second-order valence-electron chi connectivity index (χ2n) is 3.02. The number of thioether (sulfide) groups is 1. The van der Waals surface area contributed by atoms with Crippen molar-refractivity contribution in [1.82, 2.24) is 5.32 Å². The van der Waals surface area contributed by atoms with Gasteiger partial charge in [-0.1, -0.05) is 6.92 Å². The molecule has 0 spiro atoms. The summed E-state index contributed by atoms with van der Waals surface area (Å²) in [6.45, 7) is 2.10. The fourth-order valence-electron chi connectivity index (χ4n) is 1.46. The Morgan fingerprint density at radius 1 is 1.21 bits per heavy atom. The van der Waals surface area contributed by atoms with Gasteiger partial charge in [-0.25, -0.2) is 0 Å². The molecule has 1 aromatic carbocycles. The van der Waals surface area contributed by atoms with Gasteiger partial charge in [-0.05, 0) is 24.0 Å². The molecule has 0 amide bonds. The van der Waals surface area contributed by atoms with E-state index in [0.717, 1.165) is 21.8 Å². The van der Waals surface area contributed by atoms with Gasteiger partial charge in [0, 0.05) is 16.0 Å². The minimum atomic E-state index is 0.332. The number of benzene rings is 1. The van der Waals surface area contributed by atoms with Crippen LogP contribution in [-0.4, -0.2) is 17.4 Å². The maximum Gasteiger partial charge on any atom is 0.131 e. The minimum Gasteiger partial charge on any atom is -0.325 e. The van der Waals surface area contributed by atoms with E-state index >= 15 is 0 Å². The molecular weight excluding hydrogens is 194 g/mol. The molecule has 1 aliphatic heterocycles. The van der Waals surface area contributed by atoms with Crippen molar-refractivity contribution in [3.63, 3.8) is 0 Å². The SMILES string of the molecule is CCSc1ccc2c(c1)C(=N)NC2=N. The van der Waals surface area contributed by atoms with Crippen molar-refractivity contribution >= 4 is 23.4 Å². The Morgan fingerprint density at radius 2 is 1.93 bits per heavy atom. The molecule has 72 valence electrons. The van der Waals surface area contributed by atoms with E-state index in [4.69, 9.17) is 10.8 Å². The van der Waals surface area contributed by atoms with E-state index in [1.807, 2.05) is 18.2 Å². The normalized spacial score (nSPS) is 14.1. The Balaban J connectivity index is 2.44. The predicted octanol–water partition coefficient (Wildman–Crippen LogP) is 2.05. The zero-order valence-corrected chi connectivity index (χ0v) is 8.66. The van der Waals surface area contributed by atoms with Gasteiger partial charge in [0.15, 0.2) is 0 Å². The van der Waals surface area contributed by atoms with Crippen molar-refractivity contribution in [2.45, 2.75) is 11.8 Å². The van der Waals surface area contributed by atoms with Crippen LogP contribution in [0, 0.1) is 10.8 Å². The van der Waals surface area contributed by atoms with Crippen molar-refractivity contribution in [2.24, 2.45) is 0 Å². The predicted molar refractivity (Wildman–Crippen MR) is 59.6 cm³/mol. The summed E-state index contributed by atoms with van der Waals surface area (Å²) in [6, 6.07) is 5.88. The number of nitrogens with one attached hydrogen (secondary N) is 3. The topological polar surface area (TPSA) is 59.7 Å². The van der Waals surface area contributed by atoms with Crippen molar-refractivity contribution in [3.8, 4) is 0 Å². The van der Waals surface area contributed by atoms with Gasteiger partial charge in [-0.3, -0.25) is 10.8 Å². The number of hydrogen-bond donors (Lipinski definition) is 3. The number of amidine groups is 2. The smallest absolute Gasteiger partial charge is 0.131 e. The number of fused-ring (bicyclic) bond motifs is 1. The summed E-state index contributed by atoms with van der Waals surface area (Å²) in [4.78, 5) is 1.16. The monoisotopic (exact) mass is 205 g/mol. The van der Waals surface area contributed by atoms with E-state index in [2.05, 4.69) is 12.2 Å². The molecule has 1 aliphatic rings. The molecule has 2 rings (SSSR count). The summed E-state index contributed by atoms with van der Waals surface area (Å²) in [7, 11) is 0. The zero-order valence-electron chi connectivity index (χ0n) is 7.85. The average Bonchev–Trinajstić information content (AvgIpc) is 2.43. The van der Waals surface area contributed by atoms with Crippen LogP contribution in [0.2, 0.25) is 0 Å². The van der Waals surface area contributed by atoms with Crippen LogP contribution in [0.15, 0.2) is 23.1 Å². The van der Waals surface area contributed by atoms with E-state index in [0.29, 0.717) is 11.7 Å². The zero-order chi connectivity index (χ0) is 10.1. The Bertz CT molecular complexity index is 412. The average molecular weight is 205 g/mol. The van der Waals surface area contributed by atoms with Gasteiger partial charge in [0.1, 0.15) is 11.7 Å². The molecule has 14 heavy (non-hydrogen) atoms. The summed E-state index contributed by atoms with van der Waals surface area (Å²) >= 11 is 1.75. The van der Waals surface area contributed by atoms with Crippen molar-refractivity contribution < 1.29 is 0 Å². The van der Waals surface area contributed by atoms with Crippen LogP contribution in [0.5, 0.6) is 0 Å². The molecular formula is C10H11N3S. The highest BCUT2D eigenvalue weighted by Crippen LogP contribution is 2.23. The third-order valence-electron chi connectivity index (χ3n) is 2.09. The number of hydrogen-bond acceptors (Lipinski definition) is 3. The molecule has 3 nitrogen and oxygen atoms in total. The molecule has 0 atom stereocenters. The van der Waals surface area contributed by atoms with Crippen molar-refractivity contribution in [3.05, 3.63) is 29.3 Å².